The Morgan fingerprint density at radius 1 is 0.731 bits per heavy atom. The molecular formula is C21H42N2O3. The monoisotopic (exact) mass is 370 g/mol. The first-order valence-electron chi connectivity index (χ1n) is 10.2. The molecule has 2 saturated heterocycles. The quantitative estimate of drug-likeness (QED) is 0.560. The minimum atomic E-state index is -1.69. The molecule has 154 valence electrons. The van der Waals surface area contributed by atoms with Crippen LogP contribution in [0.5, 0.6) is 0 Å². The lowest BCUT2D eigenvalue weighted by Gasteiger charge is -2.53. The fourth-order valence-corrected chi connectivity index (χ4v) is 6.26. The van der Waals surface area contributed by atoms with Crippen molar-refractivity contribution in [3.8, 4) is 0 Å². The molecule has 2 rings (SSSR count). The van der Waals surface area contributed by atoms with E-state index in [0.29, 0.717) is 24.4 Å². The first kappa shape index (κ1) is 22.1. The lowest BCUT2D eigenvalue weighted by atomic mass is 9.62. The van der Waals surface area contributed by atoms with Gasteiger partial charge in [0, 0.05) is 22.2 Å². The SMILES string of the molecule is CC1(C)CC(C(COC(O)O)C2CC(C)(C)NC(C)(C)C2)CC(C)(C)N1. The fourth-order valence-electron chi connectivity index (χ4n) is 6.26. The molecule has 0 saturated carbocycles. The third-order valence-electron chi connectivity index (χ3n) is 6.09. The number of ether oxygens (including phenoxy) is 1. The molecule has 0 atom stereocenters. The predicted octanol–water partition coefficient (Wildman–Crippen LogP) is 3.00. The summed E-state index contributed by atoms with van der Waals surface area (Å²) in [5.41, 5.74) is 0.280. The molecule has 2 fully saturated rings. The third kappa shape index (κ3) is 6.16. The molecule has 2 heterocycles. The van der Waals surface area contributed by atoms with Crippen molar-refractivity contribution in [2.45, 2.75) is 110 Å². The average Bonchev–Trinajstić information content (AvgIpc) is 2.30. The standard InChI is InChI=1S/C21H42N2O3/c1-18(2)9-14(10-19(3,4)22-18)16(13-26-17(24)25)15-11-20(5,6)23-21(7,8)12-15/h14-17,22-25H,9-13H2,1-8H3. The highest BCUT2D eigenvalue weighted by Gasteiger charge is 2.47. The Balaban J connectivity index is 2.27. The van der Waals surface area contributed by atoms with Crippen LogP contribution in [0.15, 0.2) is 0 Å². The molecule has 0 aromatic carbocycles. The molecule has 0 bridgehead atoms. The van der Waals surface area contributed by atoms with E-state index in [0.717, 1.165) is 25.7 Å². The number of hydrogen-bond acceptors (Lipinski definition) is 5. The molecule has 0 spiro atoms. The number of hydrogen-bond donors (Lipinski definition) is 4. The fraction of sp³-hybridized carbons (Fsp3) is 1.00. The molecule has 0 aliphatic carbocycles. The van der Waals surface area contributed by atoms with Crippen LogP contribution in [-0.2, 0) is 4.74 Å². The lowest BCUT2D eigenvalue weighted by Crippen LogP contribution is -2.62. The minimum absolute atomic E-state index is 0.0699. The van der Waals surface area contributed by atoms with Crippen molar-refractivity contribution in [1.29, 1.82) is 0 Å². The minimum Gasteiger partial charge on any atom is -0.346 e. The zero-order chi connectivity index (χ0) is 20.0. The molecule has 0 unspecified atom stereocenters. The Kier molecular flexibility index (Phi) is 6.22. The molecule has 2 aliphatic heterocycles. The molecule has 0 amide bonds. The van der Waals surface area contributed by atoms with Gasteiger partial charge in [-0.25, -0.2) is 0 Å². The van der Waals surface area contributed by atoms with E-state index < -0.39 is 6.48 Å². The average molecular weight is 371 g/mol. The summed E-state index contributed by atoms with van der Waals surface area (Å²) < 4.78 is 5.35. The zero-order valence-corrected chi connectivity index (χ0v) is 18.1. The Bertz CT molecular complexity index is 416. The van der Waals surface area contributed by atoms with E-state index in [-0.39, 0.29) is 22.2 Å². The summed E-state index contributed by atoms with van der Waals surface area (Å²) in [5, 5.41) is 26.2. The maximum atomic E-state index is 9.32. The largest absolute Gasteiger partial charge is 0.346 e. The highest BCUT2D eigenvalue weighted by atomic mass is 16.7. The Labute approximate surface area is 160 Å². The molecule has 0 radical (unpaired) electrons. The second kappa shape index (κ2) is 7.32. The molecule has 5 heteroatoms. The number of rotatable bonds is 5. The van der Waals surface area contributed by atoms with Crippen molar-refractivity contribution in [3.63, 3.8) is 0 Å². The first-order valence-corrected chi connectivity index (χ1v) is 10.2. The van der Waals surface area contributed by atoms with Crippen molar-refractivity contribution in [2.75, 3.05) is 6.61 Å². The second-order valence-electron chi connectivity index (χ2n) is 11.4. The van der Waals surface area contributed by atoms with Crippen LogP contribution in [0.4, 0.5) is 0 Å². The summed E-state index contributed by atoms with van der Waals surface area (Å²) in [4.78, 5) is 0. The number of nitrogens with one attached hydrogen (secondary N) is 2. The van der Waals surface area contributed by atoms with Crippen molar-refractivity contribution >= 4 is 0 Å². The van der Waals surface area contributed by atoms with Gasteiger partial charge in [0.25, 0.3) is 6.48 Å². The predicted molar refractivity (Wildman–Crippen MR) is 106 cm³/mol. The molecule has 4 N–H and O–H groups in total. The summed E-state index contributed by atoms with van der Waals surface area (Å²) in [6.45, 7) is 16.9. The van der Waals surface area contributed by atoms with Crippen LogP contribution in [0, 0.1) is 17.8 Å². The van der Waals surface area contributed by atoms with Crippen molar-refractivity contribution < 1.29 is 14.9 Å². The Morgan fingerprint density at radius 3 is 1.31 bits per heavy atom. The van der Waals surface area contributed by atoms with E-state index in [2.05, 4.69) is 66.0 Å². The van der Waals surface area contributed by atoms with Crippen LogP contribution in [0.1, 0.15) is 81.1 Å². The van der Waals surface area contributed by atoms with E-state index in [9.17, 15) is 10.2 Å². The lowest BCUT2D eigenvalue weighted by molar-refractivity contribution is -0.245. The summed E-state index contributed by atoms with van der Waals surface area (Å²) in [6, 6.07) is 0. The Morgan fingerprint density at radius 2 is 1.04 bits per heavy atom. The van der Waals surface area contributed by atoms with Gasteiger partial charge in [-0.2, -0.15) is 0 Å². The zero-order valence-electron chi connectivity index (χ0n) is 18.1. The maximum absolute atomic E-state index is 9.32. The van der Waals surface area contributed by atoms with Gasteiger partial charge < -0.3 is 25.6 Å². The summed E-state index contributed by atoms with van der Waals surface area (Å²) >= 11 is 0. The smallest absolute Gasteiger partial charge is 0.266 e. The molecule has 2 aliphatic rings. The van der Waals surface area contributed by atoms with Crippen LogP contribution in [0.2, 0.25) is 0 Å². The van der Waals surface area contributed by atoms with Gasteiger partial charge in [0.15, 0.2) is 0 Å². The van der Waals surface area contributed by atoms with Gasteiger partial charge in [0.1, 0.15) is 0 Å². The van der Waals surface area contributed by atoms with Crippen LogP contribution < -0.4 is 10.6 Å². The van der Waals surface area contributed by atoms with E-state index in [1.807, 2.05) is 0 Å². The van der Waals surface area contributed by atoms with Gasteiger partial charge in [0.05, 0.1) is 6.61 Å². The molecule has 0 aromatic heterocycles. The van der Waals surface area contributed by atoms with Gasteiger partial charge in [0.2, 0.25) is 0 Å². The van der Waals surface area contributed by atoms with Crippen molar-refractivity contribution in [3.05, 3.63) is 0 Å². The summed E-state index contributed by atoms with van der Waals surface area (Å²) in [6.07, 6.45) is 4.32. The van der Waals surface area contributed by atoms with E-state index in [1.54, 1.807) is 0 Å². The second-order valence-corrected chi connectivity index (χ2v) is 11.4. The van der Waals surface area contributed by atoms with Gasteiger partial charge >= 0.3 is 0 Å². The maximum Gasteiger partial charge on any atom is 0.266 e. The van der Waals surface area contributed by atoms with Crippen LogP contribution in [-0.4, -0.2) is 45.5 Å². The van der Waals surface area contributed by atoms with E-state index in [1.165, 1.54) is 0 Å². The third-order valence-corrected chi connectivity index (χ3v) is 6.09. The summed E-state index contributed by atoms with van der Waals surface area (Å²) in [7, 11) is 0. The number of aliphatic hydroxyl groups is 2. The highest BCUT2D eigenvalue weighted by Crippen LogP contribution is 2.45. The molecule has 0 aromatic rings. The van der Waals surface area contributed by atoms with E-state index >= 15 is 0 Å². The topological polar surface area (TPSA) is 73.8 Å². The van der Waals surface area contributed by atoms with E-state index in [4.69, 9.17) is 4.74 Å². The van der Waals surface area contributed by atoms with Gasteiger partial charge in [-0.05, 0) is 98.8 Å². The first-order chi connectivity index (χ1) is 11.6. The van der Waals surface area contributed by atoms with Gasteiger partial charge in [-0.15, -0.1) is 0 Å². The molecule has 5 nitrogen and oxygen atoms in total. The normalized spacial score (nSPS) is 28.6. The summed E-state index contributed by atoms with van der Waals surface area (Å²) in [5.74, 6) is 1.31. The van der Waals surface area contributed by atoms with Gasteiger partial charge in [-0.1, -0.05) is 0 Å². The molecule has 26 heavy (non-hydrogen) atoms. The van der Waals surface area contributed by atoms with Crippen LogP contribution >= 0.6 is 0 Å². The number of aliphatic hydroxyl groups excluding tert-OH is 1. The number of piperidine rings is 2. The van der Waals surface area contributed by atoms with Crippen LogP contribution in [0.25, 0.3) is 0 Å². The highest BCUT2D eigenvalue weighted by molar-refractivity contribution is 5.03. The Hall–Kier alpha value is -0.200. The van der Waals surface area contributed by atoms with Crippen molar-refractivity contribution in [2.24, 2.45) is 17.8 Å². The van der Waals surface area contributed by atoms with Gasteiger partial charge in [-0.3, -0.25) is 0 Å². The van der Waals surface area contributed by atoms with Crippen molar-refractivity contribution in [1.82, 2.24) is 10.6 Å². The molecular weight excluding hydrogens is 328 g/mol. The van der Waals surface area contributed by atoms with Crippen LogP contribution in [0.3, 0.4) is 0 Å².